The number of hydrogen-bond donors (Lipinski definition) is 1. The van der Waals surface area contributed by atoms with Crippen LogP contribution in [-0.2, 0) is 6.54 Å². The highest BCUT2D eigenvalue weighted by Crippen LogP contribution is 2.37. The third-order valence-corrected chi connectivity index (χ3v) is 5.96. The maximum atomic E-state index is 13.2. The number of hydrogen-bond acceptors (Lipinski definition) is 3. The minimum atomic E-state index is -0.146. The van der Waals surface area contributed by atoms with E-state index in [1.54, 1.807) is 14.2 Å². The summed E-state index contributed by atoms with van der Waals surface area (Å²) in [6, 6.07) is 10.2. The van der Waals surface area contributed by atoms with Crippen LogP contribution in [0.15, 0.2) is 36.5 Å². The second-order valence-corrected chi connectivity index (χ2v) is 7.62. The highest BCUT2D eigenvalue weighted by molar-refractivity contribution is 5.76. The molecule has 0 saturated heterocycles. The van der Waals surface area contributed by atoms with E-state index < -0.39 is 0 Å². The summed E-state index contributed by atoms with van der Waals surface area (Å²) in [5, 5.41) is 3.28. The van der Waals surface area contributed by atoms with Gasteiger partial charge in [0.15, 0.2) is 11.5 Å². The Labute approximate surface area is 166 Å². The zero-order chi connectivity index (χ0) is 19.5. The molecule has 1 aromatic heterocycles. The van der Waals surface area contributed by atoms with E-state index in [1.165, 1.54) is 19.3 Å². The van der Waals surface area contributed by atoms with Crippen LogP contribution < -0.4 is 14.8 Å². The Morgan fingerprint density at radius 2 is 1.82 bits per heavy atom. The van der Waals surface area contributed by atoms with E-state index in [0.29, 0.717) is 24.1 Å². The first-order chi connectivity index (χ1) is 13.7. The fourth-order valence-corrected chi connectivity index (χ4v) is 4.48. The summed E-state index contributed by atoms with van der Waals surface area (Å²) in [5.74, 6) is 1.37. The monoisotopic (exact) mass is 383 g/mol. The maximum absolute atomic E-state index is 13.2. The number of urea groups is 1. The van der Waals surface area contributed by atoms with Crippen molar-refractivity contribution in [2.75, 3.05) is 20.8 Å². The van der Waals surface area contributed by atoms with Crippen molar-refractivity contribution >= 4 is 6.03 Å². The molecule has 1 aromatic carbocycles. The number of benzene rings is 1. The number of nitrogens with one attached hydrogen (secondary N) is 1. The molecule has 2 heterocycles. The van der Waals surface area contributed by atoms with E-state index in [-0.39, 0.29) is 12.1 Å². The fourth-order valence-electron chi connectivity index (χ4n) is 4.48. The Bertz CT molecular complexity index is 826. The standard InChI is InChI=1S/C22H29N3O3/c1-27-19-11-10-16(15-20(19)28-2)21-18-9-6-12-24(18)13-14-25(21)22(26)23-17-7-4-3-5-8-17/h6,9-12,15,17,21H,3-5,7-8,13-14H2,1-2H3,(H,23,26). The largest absolute Gasteiger partial charge is 0.493 e. The lowest BCUT2D eigenvalue weighted by molar-refractivity contribution is 0.162. The van der Waals surface area contributed by atoms with Gasteiger partial charge in [-0.25, -0.2) is 4.79 Å². The number of carbonyl (C=O) groups excluding carboxylic acids is 1. The molecule has 2 aromatic rings. The van der Waals surface area contributed by atoms with Gasteiger partial charge >= 0.3 is 6.03 Å². The molecule has 1 atom stereocenters. The Morgan fingerprint density at radius 3 is 2.57 bits per heavy atom. The van der Waals surface area contributed by atoms with E-state index in [9.17, 15) is 4.79 Å². The van der Waals surface area contributed by atoms with Crippen molar-refractivity contribution in [2.45, 2.75) is 50.7 Å². The number of fused-ring (bicyclic) bond motifs is 1. The minimum absolute atomic E-state index is 0.0270. The average Bonchev–Trinajstić information content (AvgIpc) is 3.22. The highest BCUT2D eigenvalue weighted by Gasteiger charge is 2.33. The molecule has 1 unspecified atom stereocenters. The van der Waals surface area contributed by atoms with Gasteiger partial charge in [0, 0.05) is 31.0 Å². The van der Waals surface area contributed by atoms with E-state index in [0.717, 1.165) is 30.6 Å². The molecule has 0 spiro atoms. The summed E-state index contributed by atoms with van der Waals surface area (Å²) in [4.78, 5) is 15.2. The maximum Gasteiger partial charge on any atom is 0.318 e. The molecule has 1 aliphatic heterocycles. The number of ether oxygens (including phenoxy) is 2. The van der Waals surface area contributed by atoms with Gasteiger partial charge in [-0.1, -0.05) is 25.3 Å². The first-order valence-electron chi connectivity index (χ1n) is 10.2. The normalized spacial score (nSPS) is 19.8. The van der Waals surface area contributed by atoms with Gasteiger partial charge in [0.2, 0.25) is 0 Å². The molecule has 6 heteroatoms. The second kappa shape index (κ2) is 8.17. The predicted molar refractivity (Wildman–Crippen MR) is 108 cm³/mol. The smallest absolute Gasteiger partial charge is 0.318 e. The topological polar surface area (TPSA) is 55.7 Å². The van der Waals surface area contributed by atoms with Gasteiger partial charge in [0.1, 0.15) is 0 Å². The van der Waals surface area contributed by atoms with Crippen LogP contribution in [0.25, 0.3) is 0 Å². The van der Waals surface area contributed by atoms with Crippen molar-refractivity contribution in [1.29, 1.82) is 0 Å². The van der Waals surface area contributed by atoms with Crippen LogP contribution in [0.3, 0.4) is 0 Å². The quantitative estimate of drug-likeness (QED) is 0.870. The molecule has 1 aliphatic carbocycles. The molecule has 2 amide bonds. The molecule has 4 rings (SSSR count). The molecule has 0 bridgehead atoms. The van der Waals surface area contributed by atoms with E-state index >= 15 is 0 Å². The first-order valence-corrected chi connectivity index (χ1v) is 10.2. The predicted octanol–water partition coefficient (Wildman–Crippen LogP) is 3.95. The van der Waals surface area contributed by atoms with Crippen molar-refractivity contribution < 1.29 is 14.3 Å². The zero-order valence-electron chi connectivity index (χ0n) is 16.7. The molecule has 0 radical (unpaired) electrons. The van der Waals surface area contributed by atoms with Crippen molar-refractivity contribution in [1.82, 2.24) is 14.8 Å². The zero-order valence-corrected chi connectivity index (χ0v) is 16.7. The number of methoxy groups -OCH3 is 2. The van der Waals surface area contributed by atoms with Gasteiger partial charge in [-0.3, -0.25) is 0 Å². The number of amides is 2. The average molecular weight is 383 g/mol. The van der Waals surface area contributed by atoms with Gasteiger partial charge in [-0.15, -0.1) is 0 Å². The van der Waals surface area contributed by atoms with E-state index in [4.69, 9.17) is 9.47 Å². The lowest BCUT2D eigenvalue weighted by Crippen LogP contribution is -2.50. The van der Waals surface area contributed by atoms with Crippen LogP contribution >= 0.6 is 0 Å². The Balaban J connectivity index is 1.65. The highest BCUT2D eigenvalue weighted by atomic mass is 16.5. The lowest BCUT2D eigenvalue weighted by atomic mass is 9.95. The molecule has 1 fully saturated rings. The van der Waals surface area contributed by atoms with Gasteiger partial charge in [-0.05, 0) is 42.7 Å². The number of carbonyl (C=O) groups is 1. The molecule has 150 valence electrons. The molecule has 2 aliphatic rings. The number of rotatable bonds is 4. The number of aromatic nitrogens is 1. The van der Waals surface area contributed by atoms with Crippen molar-refractivity contribution in [3.8, 4) is 11.5 Å². The van der Waals surface area contributed by atoms with E-state index in [2.05, 4.69) is 22.1 Å². The van der Waals surface area contributed by atoms with Crippen LogP contribution in [0, 0.1) is 0 Å². The SMILES string of the molecule is COc1ccc(C2c3cccn3CCN2C(=O)NC2CCCCC2)cc1OC. The van der Waals surface area contributed by atoms with Crippen LogP contribution in [0.4, 0.5) is 4.79 Å². The van der Waals surface area contributed by atoms with Crippen molar-refractivity contribution in [2.24, 2.45) is 0 Å². The summed E-state index contributed by atoms with van der Waals surface area (Å²) in [6.45, 7) is 1.49. The molecule has 6 nitrogen and oxygen atoms in total. The Morgan fingerprint density at radius 1 is 1.04 bits per heavy atom. The third kappa shape index (κ3) is 3.55. The van der Waals surface area contributed by atoms with Crippen molar-refractivity contribution in [3.63, 3.8) is 0 Å². The second-order valence-electron chi connectivity index (χ2n) is 7.62. The van der Waals surface area contributed by atoms with Gasteiger partial charge in [0.05, 0.1) is 20.3 Å². The lowest BCUT2D eigenvalue weighted by Gasteiger charge is -2.38. The summed E-state index contributed by atoms with van der Waals surface area (Å²) in [5.41, 5.74) is 2.15. The van der Waals surface area contributed by atoms with Crippen molar-refractivity contribution in [3.05, 3.63) is 47.8 Å². The van der Waals surface area contributed by atoms with E-state index in [1.807, 2.05) is 29.2 Å². The van der Waals surface area contributed by atoms with Crippen LogP contribution in [0.5, 0.6) is 11.5 Å². The summed E-state index contributed by atoms with van der Waals surface area (Å²) < 4.78 is 13.1. The van der Waals surface area contributed by atoms with Crippen LogP contribution in [0.2, 0.25) is 0 Å². The van der Waals surface area contributed by atoms with Gasteiger partial charge in [-0.2, -0.15) is 0 Å². The summed E-state index contributed by atoms with van der Waals surface area (Å²) in [6.07, 6.45) is 7.92. The van der Waals surface area contributed by atoms with Crippen LogP contribution in [0.1, 0.15) is 49.4 Å². The summed E-state index contributed by atoms with van der Waals surface area (Å²) >= 11 is 0. The molecule has 1 N–H and O–H groups in total. The Hall–Kier alpha value is -2.63. The molecular formula is C22H29N3O3. The molecule has 1 saturated carbocycles. The Kier molecular flexibility index (Phi) is 5.46. The van der Waals surface area contributed by atoms with Gasteiger partial charge in [0.25, 0.3) is 0 Å². The minimum Gasteiger partial charge on any atom is -0.493 e. The first kappa shape index (κ1) is 18.7. The fraction of sp³-hybridized carbons (Fsp3) is 0.500. The van der Waals surface area contributed by atoms with Crippen LogP contribution in [-0.4, -0.2) is 42.3 Å². The molecular weight excluding hydrogens is 354 g/mol. The van der Waals surface area contributed by atoms with Gasteiger partial charge < -0.3 is 24.3 Å². The number of nitrogens with zero attached hydrogens (tertiary/aromatic N) is 2. The third-order valence-electron chi connectivity index (χ3n) is 5.96. The summed E-state index contributed by atoms with van der Waals surface area (Å²) in [7, 11) is 3.27. The molecule has 28 heavy (non-hydrogen) atoms.